The normalized spacial score (nSPS) is 20.0. The second-order valence-electron chi connectivity index (χ2n) is 6.50. The first-order chi connectivity index (χ1) is 12.0. The molecule has 0 unspecified atom stereocenters. The summed E-state index contributed by atoms with van der Waals surface area (Å²) in [7, 11) is 0. The summed E-state index contributed by atoms with van der Waals surface area (Å²) in [6.45, 7) is 3.93. The summed E-state index contributed by atoms with van der Waals surface area (Å²) < 4.78 is 0. The maximum absolute atomic E-state index is 10.6. The zero-order valence-electron chi connectivity index (χ0n) is 14.2. The number of nitrogens with one attached hydrogen (secondary N) is 2. The number of carboxylic acids is 1. The molecule has 2 heterocycles. The van der Waals surface area contributed by atoms with Gasteiger partial charge >= 0.3 is 5.97 Å². The van der Waals surface area contributed by atoms with Crippen LogP contribution in [0.25, 0.3) is 6.08 Å². The maximum Gasteiger partial charge on any atom is 0.328 e. The Hall–Kier alpha value is -2.73. The van der Waals surface area contributed by atoms with Crippen LogP contribution in [0.2, 0.25) is 0 Å². The van der Waals surface area contributed by atoms with Crippen molar-refractivity contribution in [1.82, 2.24) is 15.3 Å². The number of carboxylic acid groups (broad SMARTS) is 1. The Morgan fingerprint density at radius 3 is 2.92 bits per heavy atom. The van der Waals surface area contributed by atoms with Crippen molar-refractivity contribution in [3.8, 4) is 0 Å². The molecule has 1 atom stereocenters. The van der Waals surface area contributed by atoms with Gasteiger partial charge in [-0.25, -0.2) is 9.78 Å². The lowest BCUT2D eigenvalue weighted by Crippen LogP contribution is -2.43. The SMILES string of the molecule is Cc1cccc(C[C@@]2(Nc3cnc(/C=C/C(=O)O)cn3)CCNC2)c1. The summed E-state index contributed by atoms with van der Waals surface area (Å²) in [5.41, 5.74) is 2.98. The molecule has 0 amide bonds. The van der Waals surface area contributed by atoms with Gasteiger partial charge in [-0.2, -0.15) is 0 Å². The summed E-state index contributed by atoms with van der Waals surface area (Å²) in [5, 5.41) is 15.6. The lowest BCUT2D eigenvalue weighted by Gasteiger charge is -2.30. The van der Waals surface area contributed by atoms with Crippen molar-refractivity contribution in [1.29, 1.82) is 0 Å². The van der Waals surface area contributed by atoms with Crippen molar-refractivity contribution in [2.24, 2.45) is 0 Å². The van der Waals surface area contributed by atoms with Gasteiger partial charge in [0, 0.05) is 12.6 Å². The van der Waals surface area contributed by atoms with Crippen LogP contribution in [-0.2, 0) is 11.2 Å². The molecule has 1 aromatic carbocycles. The van der Waals surface area contributed by atoms with Gasteiger partial charge in [0.1, 0.15) is 5.82 Å². The third-order valence-corrected chi connectivity index (χ3v) is 4.33. The molecule has 3 rings (SSSR count). The Morgan fingerprint density at radius 2 is 2.28 bits per heavy atom. The van der Waals surface area contributed by atoms with Crippen LogP contribution in [-0.4, -0.2) is 39.7 Å². The van der Waals surface area contributed by atoms with Crippen LogP contribution in [0, 0.1) is 6.92 Å². The predicted octanol–water partition coefficient (Wildman–Crippen LogP) is 2.27. The van der Waals surface area contributed by atoms with Crippen LogP contribution in [0.15, 0.2) is 42.7 Å². The number of anilines is 1. The van der Waals surface area contributed by atoms with E-state index < -0.39 is 5.97 Å². The van der Waals surface area contributed by atoms with E-state index in [0.29, 0.717) is 11.5 Å². The first-order valence-corrected chi connectivity index (χ1v) is 8.32. The quantitative estimate of drug-likeness (QED) is 0.701. The second kappa shape index (κ2) is 7.44. The fraction of sp³-hybridized carbons (Fsp3) is 0.316. The molecule has 2 aromatic rings. The molecule has 6 heteroatoms. The van der Waals surface area contributed by atoms with E-state index in [4.69, 9.17) is 5.11 Å². The minimum absolute atomic E-state index is 0.0963. The van der Waals surface area contributed by atoms with Crippen molar-refractivity contribution in [2.45, 2.75) is 25.3 Å². The molecule has 1 aromatic heterocycles. The summed E-state index contributed by atoms with van der Waals surface area (Å²) in [5.74, 6) is -0.304. The van der Waals surface area contributed by atoms with Gasteiger partial charge in [0.2, 0.25) is 0 Å². The minimum Gasteiger partial charge on any atom is -0.478 e. The molecule has 6 nitrogen and oxygen atoms in total. The molecule has 0 radical (unpaired) electrons. The highest BCUT2D eigenvalue weighted by atomic mass is 16.4. The summed E-state index contributed by atoms with van der Waals surface area (Å²) >= 11 is 0. The topological polar surface area (TPSA) is 87.1 Å². The number of hydrogen-bond donors (Lipinski definition) is 3. The summed E-state index contributed by atoms with van der Waals surface area (Å²) in [6, 6.07) is 8.56. The Balaban J connectivity index is 1.74. The summed E-state index contributed by atoms with van der Waals surface area (Å²) in [6.07, 6.45) is 7.62. The number of aromatic nitrogens is 2. The van der Waals surface area contributed by atoms with Crippen LogP contribution in [0.4, 0.5) is 5.82 Å². The molecule has 1 fully saturated rings. The van der Waals surface area contributed by atoms with Gasteiger partial charge in [-0.05, 0) is 37.9 Å². The third-order valence-electron chi connectivity index (χ3n) is 4.33. The molecule has 0 spiro atoms. The van der Waals surface area contributed by atoms with Gasteiger partial charge in [0.15, 0.2) is 0 Å². The molecule has 1 aliphatic rings. The number of aryl methyl sites for hydroxylation is 1. The Kier molecular flexibility index (Phi) is 5.09. The van der Waals surface area contributed by atoms with Crippen LogP contribution in [0.5, 0.6) is 0 Å². The van der Waals surface area contributed by atoms with E-state index in [1.54, 1.807) is 12.4 Å². The molecule has 1 aliphatic heterocycles. The first-order valence-electron chi connectivity index (χ1n) is 8.32. The van der Waals surface area contributed by atoms with Crippen molar-refractivity contribution in [2.75, 3.05) is 18.4 Å². The maximum atomic E-state index is 10.6. The van der Waals surface area contributed by atoms with Crippen molar-refractivity contribution in [3.05, 3.63) is 59.6 Å². The molecule has 3 N–H and O–H groups in total. The van der Waals surface area contributed by atoms with Gasteiger partial charge < -0.3 is 15.7 Å². The van der Waals surface area contributed by atoms with Crippen molar-refractivity contribution in [3.63, 3.8) is 0 Å². The lowest BCUT2D eigenvalue weighted by molar-refractivity contribution is -0.131. The monoisotopic (exact) mass is 338 g/mol. The molecular formula is C19H22N4O2. The smallest absolute Gasteiger partial charge is 0.328 e. The fourth-order valence-corrected chi connectivity index (χ4v) is 3.18. The highest BCUT2D eigenvalue weighted by molar-refractivity contribution is 5.84. The second-order valence-corrected chi connectivity index (χ2v) is 6.50. The van der Waals surface area contributed by atoms with Gasteiger partial charge in [0.05, 0.1) is 23.6 Å². The number of hydrogen-bond acceptors (Lipinski definition) is 5. The van der Waals surface area contributed by atoms with Crippen LogP contribution < -0.4 is 10.6 Å². The Labute approximate surface area is 147 Å². The summed E-state index contributed by atoms with van der Waals surface area (Å²) in [4.78, 5) is 19.2. The van der Waals surface area contributed by atoms with E-state index in [2.05, 4.69) is 51.8 Å². The molecule has 0 bridgehead atoms. The number of rotatable bonds is 6. The molecule has 0 saturated carbocycles. The fourth-order valence-electron chi connectivity index (χ4n) is 3.18. The van der Waals surface area contributed by atoms with Gasteiger partial charge in [-0.1, -0.05) is 29.8 Å². The van der Waals surface area contributed by atoms with Gasteiger partial charge in [-0.15, -0.1) is 0 Å². The van der Waals surface area contributed by atoms with Crippen LogP contribution in [0.3, 0.4) is 0 Å². The van der Waals surface area contributed by atoms with E-state index in [9.17, 15) is 4.79 Å². The van der Waals surface area contributed by atoms with Gasteiger partial charge in [0.25, 0.3) is 0 Å². The molecule has 1 saturated heterocycles. The average Bonchev–Trinajstić information content (AvgIpc) is 3.02. The zero-order valence-corrected chi connectivity index (χ0v) is 14.2. The number of carbonyl (C=O) groups is 1. The van der Waals surface area contributed by atoms with Crippen LogP contribution >= 0.6 is 0 Å². The number of benzene rings is 1. The standard InChI is InChI=1S/C19H22N4O2/c1-14-3-2-4-15(9-14)10-19(7-8-20-13-19)23-17-12-21-16(11-22-17)5-6-18(24)25/h2-6,9,11-12,20H,7-8,10,13H2,1H3,(H,22,23)(H,24,25)/b6-5+/t19-/m0/s1. The first kappa shape index (κ1) is 17.1. The molecule has 130 valence electrons. The van der Waals surface area contributed by atoms with Crippen molar-refractivity contribution < 1.29 is 9.90 Å². The van der Waals surface area contributed by atoms with Crippen LogP contribution in [0.1, 0.15) is 23.2 Å². The highest BCUT2D eigenvalue weighted by Gasteiger charge is 2.34. The average molecular weight is 338 g/mol. The van der Waals surface area contributed by atoms with E-state index in [0.717, 1.165) is 32.0 Å². The van der Waals surface area contributed by atoms with Gasteiger partial charge in [-0.3, -0.25) is 4.98 Å². The van der Waals surface area contributed by atoms with E-state index >= 15 is 0 Å². The number of nitrogens with zero attached hydrogens (tertiary/aromatic N) is 2. The Morgan fingerprint density at radius 1 is 1.40 bits per heavy atom. The largest absolute Gasteiger partial charge is 0.478 e. The Bertz CT molecular complexity index is 765. The molecule has 0 aliphatic carbocycles. The predicted molar refractivity (Wildman–Crippen MR) is 97.4 cm³/mol. The number of aliphatic carboxylic acids is 1. The third kappa shape index (κ3) is 4.64. The minimum atomic E-state index is -1.00. The highest BCUT2D eigenvalue weighted by Crippen LogP contribution is 2.25. The lowest BCUT2D eigenvalue weighted by atomic mass is 9.89. The zero-order chi connectivity index (χ0) is 17.7. The van der Waals surface area contributed by atoms with E-state index in [1.165, 1.54) is 17.2 Å². The van der Waals surface area contributed by atoms with Crippen molar-refractivity contribution >= 4 is 17.9 Å². The molecule has 25 heavy (non-hydrogen) atoms. The van der Waals surface area contributed by atoms with E-state index in [-0.39, 0.29) is 5.54 Å². The molecular weight excluding hydrogens is 316 g/mol. The van der Waals surface area contributed by atoms with E-state index in [1.807, 2.05) is 0 Å².